The molecule has 3 aliphatic rings. The van der Waals surface area contributed by atoms with Gasteiger partial charge in [0.25, 0.3) is 0 Å². The molecular weight excluding hydrogens is 514 g/mol. The molecule has 0 spiro atoms. The molecule has 17 heteroatoms. The highest BCUT2D eigenvalue weighted by atomic mass is 16.7. The summed E-state index contributed by atoms with van der Waals surface area (Å²) in [5.41, 5.74) is 23.6. The summed E-state index contributed by atoms with van der Waals surface area (Å²) in [7, 11) is 0. The van der Waals surface area contributed by atoms with Crippen molar-refractivity contribution in [3.8, 4) is 0 Å². The van der Waals surface area contributed by atoms with Crippen molar-refractivity contribution in [1.29, 1.82) is 0 Å². The van der Waals surface area contributed by atoms with Crippen molar-refractivity contribution in [3.63, 3.8) is 0 Å². The lowest BCUT2D eigenvalue weighted by atomic mass is 9.84. The van der Waals surface area contributed by atoms with Crippen LogP contribution in [0.2, 0.25) is 0 Å². The number of hydrogen-bond acceptors (Lipinski definition) is 16. The molecule has 3 rings (SSSR count). The summed E-state index contributed by atoms with van der Waals surface area (Å²) in [6, 6.07) is -3.85. The quantitative estimate of drug-likeness (QED) is 0.132. The first kappa shape index (κ1) is 31.4. The molecule has 38 heavy (non-hydrogen) atoms. The van der Waals surface area contributed by atoms with Gasteiger partial charge in [-0.1, -0.05) is 0 Å². The zero-order chi connectivity index (χ0) is 28.5. The Labute approximate surface area is 218 Å². The highest BCUT2D eigenvalue weighted by Gasteiger charge is 2.51. The van der Waals surface area contributed by atoms with Gasteiger partial charge < -0.3 is 82.9 Å². The van der Waals surface area contributed by atoms with Crippen LogP contribution in [0.25, 0.3) is 0 Å². The van der Waals surface area contributed by atoms with E-state index in [-0.39, 0.29) is 13.0 Å². The molecule has 1 saturated carbocycles. The largest absolute Gasteiger partial charge is 0.394 e. The number of nitrogens with two attached hydrogens (primary N) is 4. The van der Waals surface area contributed by atoms with Gasteiger partial charge in [0.15, 0.2) is 12.6 Å². The third-order valence-electron chi connectivity index (χ3n) is 7.14. The molecule has 2 saturated heterocycles. The zero-order valence-electron chi connectivity index (χ0n) is 20.8. The molecule has 0 radical (unpaired) electrons. The standard InChI is InChI=1S/C21H41N5O12/c1-5(22)19(34)26-3-8-12(29)14(31)15(32)21(35-8)38-18-7(24)2-6(23)17(16(18)33)37-20-13(30)10(25)11(28)9(4-27)36-20/h5-18,20-21,27-33H,2-4,22-25H2,1H3,(H,26,34)/t5-,6-,7+,8-,9-,10+,11-,12-,13-,14+,15-,16-,17+,18-,20-,21-/m1/s1. The maximum Gasteiger partial charge on any atom is 0.236 e. The normalized spacial score (nSPS) is 48.9. The van der Waals surface area contributed by atoms with Crippen LogP contribution in [0, 0.1) is 0 Å². The fourth-order valence-electron chi connectivity index (χ4n) is 4.74. The van der Waals surface area contributed by atoms with Crippen LogP contribution in [0.1, 0.15) is 13.3 Å². The summed E-state index contributed by atoms with van der Waals surface area (Å²) in [4.78, 5) is 11.8. The second-order valence-corrected chi connectivity index (χ2v) is 10.1. The van der Waals surface area contributed by atoms with Crippen LogP contribution in [-0.2, 0) is 23.7 Å². The summed E-state index contributed by atoms with van der Waals surface area (Å²) >= 11 is 0. The molecule has 3 fully saturated rings. The molecule has 16 atom stereocenters. The number of hydrogen-bond donors (Lipinski definition) is 12. The van der Waals surface area contributed by atoms with Crippen LogP contribution in [0.5, 0.6) is 0 Å². The highest BCUT2D eigenvalue weighted by molar-refractivity contribution is 5.80. The topological polar surface area (TPSA) is 312 Å². The van der Waals surface area contributed by atoms with Crippen LogP contribution >= 0.6 is 0 Å². The van der Waals surface area contributed by atoms with Gasteiger partial charge >= 0.3 is 0 Å². The Hall–Kier alpha value is -1.13. The van der Waals surface area contributed by atoms with Gasteiger partial charge in [-0.25, -0.2) is 0 Å². The lowest BCUT2D eigenvalue weighted by Gasteiger charge is -2.48. The number of rotatable bonds is 8. The number of aliphatic hydroxyl groups is 7. The first-order valence-electron chi connectivity index (χ1n) is 12.4. The van der Waals surface area contributed by atoms with Gasteiger partial charge in [-0.15, -0.1) is 0 Å². The first-order valence-corrected chi connectivity index (χ1v) is 12.4. The van der Waals surface area contributed by atoms with E-state index < -0.39 is 110 Å². The van der Waals surface area contributed by atoms with E-state index in [9.17, 15) is 40.5 Å². The van der Waals surface area contributed by atoms with E-state index in [2.05, 4.69) is 5.32 Å². The molecule has 2 heterocycles. The molecular formula is C21H41N5O12. The lowest BCUT2D eigenvalue weighted by molar-refractivity contribution is -0.332. The summed E-state index contributed by atoms with van der Waals surface area (Å²) < 4.78 is 22.5. The van der Waals surface area contributed by atoms with E-state index >= 15 is 0 Å². The Morgan fingerprint density at radius 2 is 1.37 bits per heavy atom. The van der Waals surface area contributed by atoms with Crippen molar-refractivity contribution in [1.82, 2.24) is 5.32 Å². The molecule has 17 nitrogen and oxygen atoms in total. The fraction of sp³-hybridized carbons (Fsp3) is 0.952. The van der Waals surface area contributed by atoms with Crippen molar-refractivity contribution >= 4 is 5.91 Å². The minimum Gasteiger partial charge on any atom is -0.394 e. The predicted octanol–water partition coefficient (Wildman–Crippen LogP) is -7.79. The third-order valence-corrected chi connectivity index (χ3v) is 7.14. The second-order valence-electron chi connectivity index (χ2n) is 10.1. The maximum absolute atomic E-state index is 11.8. The lowest BCUT2D eigenvalue weighted by Crippen LogP contribution is -2.68. The molecule has 0 aromatic carbocycles. The van der Waals surface area contributed by atoms with Crippen LogP contribution < -0.4 is 28.3 Å². The number of ether oxygens (including phenoxy) is 4. The Kier molecular flexibility index (Phi) is 10.8. The molecule has 0 bridgehead atoms. The van der Waals surface area contributed by atoms with Crippen LogP contribution in [-0.4, -0.2) is 153 Å². The molecule has 222 valence electrons. The minimum absolute atomic E-state index is 0.0369. The number of nitrogens with one attached hydrogen (secondary N) is 1. The van der Waals surface area contributed by atoms with Crippen molar-refractivity contribution < 1.29 is 59.5 Å². The van der Waals surface area contributed by atoms with Crippen molar-refractivity contribution in [2.45, 2.75) is 111 Å². The molecule has 0 aromatic rings. The maximum atomic E-state index is 11.8. The monoisotopic (exact) mass is 555 g/mol. The summed E-state index contributed by atoms with van der Waals surface area (Å²) in [5, 5.41) is 74.5. The van der Waals surface area contributed by atoms with Crippen molar-refractivity contribution in [2.75, 3.05) is 13.2 Å². The molecule has 1 aliphatic carbocycles. The molecule has 1 amide bonds. The molecule has 0 aromatic heterocycles. The number of aliphatic hydroxyl groups excluding tert-OH is 7. The Morgan fingerprint density at radius 1 is 0.842 bits per heavy atom. The van der Waals surface area contributed by atoms with Gasteiger partial charge in [0.2, 0.25) is 5.91 Å². The zero-order valence-corrected chi connectivity index (χ0v) is 20.8. The number of carbonyl (C=O) groups is 1. The average molecular weight is 556 g/mol. The Morgan fingerprint density at radius 3 is 1.89 bits per heavy atom. The van der Waals surface area contributed by atoms with Gasteiger partial charge in [0, 0.05) is 18.6 Å². The van der Waals surface area contributed by atoms with E-state index in [0.29, 0.717) is 0 Å². The Bertz CT molecular complexity index is 783. The van der Waals surface area contributed by atoms with Crippen LogP contribution in [0.4, 0.5) is 0 Å². The predicted molar refractivity (Wildman–Crippen MR) is 125 cm³/mol. The number of amides is 1. The summed E-state index contributed by atoms with van der Waals surface area (Å²) in [5.74, 6) is -0.541. The van der Waals surface area contributed by atoms with Crippen molar-refractivity contribution in [2.24, 2.45) is 22.9 Å². The van der Waals surface area contributed by atoms with E-state index in [1.807, 2.05) is 0 Å². The summed E-state index contributed by atoms with van der Waals surface area (Å²) in [6.07, 6.45) is -17.5. The van der Waals surface area contributed by atoms with Gasteiger partial charge in [-0.05, 0) is 13.3 Å². The fourth-order valence-corrected chi connectivity index (χ4v) is 4.74. The van der Waals surface area contributed by atoms with E-state index in [4.69, 9.17) is 41.9 Å². The highest BCUT2D eigenvalue weighted by Crippen LogP contribution is 2.31. The summed E-state index contributed by atoms with van der Waals surface area (Å²) in [6.45, 7) is 0.564. The van der Waals surface area contributed by atoms with E-state index in [0.717, 1.165) is 0 Å². The Balaban J connectivity index is 1.71. The first-order chi connectivity index (χ1) is 17.8. The van der Waals surface area contributed by atoms with Gasteiger partial charge in [-0.2, -0.15) is 0 Å². The number of carbonyl (C=O) groups excluding carboxylic acids is 1. The van der Waals surface area contributed by atoms with Gasteiger partial charge in [0.1, 0.15) is 61.0 Å². The smallest absolute Gasteiger partial charge is 0.236 e. The average Bonchev–Trinajstić information content (AvgIpc) is 2.87. The van der Waals surface area contributed by atoms with Gasteiger partial charge in [0.05, 0.1) is 18.7 Å². The van der Waals surface area contributed by atoms with E-state index in [1.54, 1.807) is 0 Å². The van der Waals surface area contributed by atoms with Crippen molar-refractivity contribution in [3.05, 3.63) is 0 Å². The second kappa shape index (κ2) is 13.0. The molecule has 0 unspecified atom stereocenters. The van der Waals surface area contributed by atoms with E-state index in [1.165, 1.54) is 6.92 Å². The van der Waals surface area contributed by atoms with Crippen LogP contribution in [0.3, 0.4) is 0 Å². The SMILES string of the molecule is C[C@@H](N)C(=O)NC[C@H]1O[C@H](O[C@H]2[C@H](O)[C@@H](O[C@H]3O[C@H](CO)[C@@H](O)[C@H](N)[C@H]3O)[C@H](N)C[C@@H]2N)[C@H](O)[C@@H](O)[C@@H]1O. The molecule has 16 N–H and O–H groups in total. The minimum atomic E-state index is -1.76. The van der Waals surface area contributed by atoms with Gasteiger partial charge in [-0.3, -0.25) is 4.79 Å². The molecule has 2 aliphatic heterocycles. The van der Waals surface area contributed by atoms with Crippen LogP contribution in [0.15, 0.2) is 0 Å². The third kappa shape index (κ3) is 6.60.